The number of ketones is 3. The first-order valence-corrected chi connectivity index (χ1v) is 7.32. The first-order chi connectivity index (χ1) is 9.69. The van der Waals surface area contributed by atoms with Crippen LogP contribution < -0.4 is 0 Å². The Morgan fingerprint density at radius 1 is 0.952 bits per heavy atom. The fraction of sp³-hybridized carbons (Fsp3) is 0.800. The summed E-state index contributed by atoms with van der Waals surface area (Å²) in [5.41, 5.74) is -2.77. The highest BCUT2D eigenvalue weighted by molar-refractivity contribution is 6.00. The summed E-state index contributed by atoms with van der Waals surface area (Å²) in [5.74, 6) is -2.65. The number of aliphatic hydroxyl groups is 3. The maximum absolute atomic E-state index is 11.9. The molecule has 0 rings (SSSR count). The fourth-order valence-electron chi connectivity index (χ4n) is 2.13. The molecule has 6 heteroatoms. The van der Waals surface area contributed by atoms with Crippen molar-refractivity contribution in [1.82, 2.24) is 0 Å². The average Bonchev–Trinajstić information content (AvgIpc) is 2.43. The zero-order valence-electron chi connectivity index (χ0n) is 13.0. The molecule has 0 amide bonds. The molecule has 0 aliphatic carbocycles. The summed E-state index contributed by atoms with van der Waals surface area (Å²) in [4.78, 5) is 34.5. The Kier molecular flexibility index (Phi) is 8.54. The molecule has 21 heavy (non-hydrogen) atoms. The van der Waals surface area contributed by atoms with E-state index < -0.39 is 35.2 Å². The van der Waals surface area contributed by atoms with Gasteiger partial charge in [0.2, 0.25) is 0 Å². The second-order valence-electron chi connectivity index (χ2n) is 5.43. The lowest BCUT2D eigenvalue weighted by molar-refractivity contribution is -0.179. The van der Waals surface area contributed by atoms with Gasteiger partial charge < -0.3 is 15.3 Å². The number of unbranched alkanes of at least 4 members (excludes halogenated alkanes) is 4. The minimum atomic E-state index is -2.77. The Bertz CT molecular complexity index is 378. The molecular weight excluding hydrogens is 276 g/mol. The van der Waals surface area contributed by atoms with Gasteiger partial charge >= 0.3 is 0 Å². The van der Waals surface area contributed by atoms with Crippen molar-refractivity contribution in [3.05, 3.63) is 0 Å². The van der Waals surface area contributed by atoms with Crippen LogP contribution in [-0.4, -0.2) is 50.5 Å². The van der Waals surface area contributed by atoms with Gasteiger partial charge in [0.25, 0.3) is 0 Å². The summed E-state index contributed by atoms with van der Waals surface area (Å²) in [5, 5.41) is 29.7. The van der Waals surface area contributed by atoms with Crippen LogP contribution in [0.5, 0.6) is 0 Å². The van der Waals surface area contributed by atoms with E-state index in [-0.39, 0.29) is 6.42 Å². The summed E-state index contributed by atoms with van der Waals surface area (Å²) in [7, 11) is 0. The largest absolute Gasteiger partial charge is 0.382 e. The van der Waals surface area contributed by atoms with Crippen LogP contribution in [0.1, 0.15) is 59.3 Å². The van der Waals surface area contributed by atoms with Crippen molar-refractivity contribution >= 4 is 17.3 Å². The van der Waals surface area contributed by atoms with Crippen molar-refractivity contribution in [3.63, 3.8) is 0 Å². The minimum Gasteiger partial charge on any atom is -0.382 e. The number of carbonyl (C=O) groups excluding carboxylic acids is 3. The second-order valence-corrected chi connectivity index (χ2v) is 5.43. The van der Waals surface area contributed by atoms with E-state index in [1.807, 2.05) is 0 Å². The van der Waals surface area contributed by atoms with Crippen LogP contribution in [0.2, 0.25) is 0 Å². The quantitative estimate of drug-likeness (QED) is 0.480. The van der Waals surface area contributed by atoms with Gasteiger partial charge in [-0.3, -0.25) is 14.4 Å². The highest BCUT2D eigenvalue weighted by atomic mass is 16.4. The molecule has 0 heterocycles. The normalized spacial score (nSPS) is 16.9. The second kappa shape index (κ2) is 9.02. The Balaban J connectivity index is 4.75. The molecular formula is C15H26O6. The maximum Gasteiger partial charge on any atom is 0.188 e. The van der Waals surface area contributed by atoms with E-state index in [1.165, 1.54) is 0 Å². The minimum absolute atomic E-state index is 0.00883. The number of hydrogen-bond donors (Lipinski definition) is 3. The Hall–Kier alpha value is -1.11. The molecule has 3 unspecified atom stereocenters. The van der Waals surface area contributed by atoms with Gasteiger partial charge in [-0.25, -0.2) is 0 Å². The summed E-state index contributed by atoms with van der Waals surface area (Å²) >= 11 is 0. The van der Waals surface area contributed by atoms with Crippen LogP contribution in [0.4, 0.5) is 0 Å². The molecule has 0 saturated carbocycles. The van der Waals surface area contributed by atoms with Crippen molar-refractivity contribution in [2.45, 2.75) is 77.1 Å². The number of rotatable bonds is 11. The molecule has 0 aromatic heterocycles. The molecule has 0 aromatic carbocycles. The highest BCUT2D eigenvalue weighted by Crippen LogP contribution is 2.21. The average molecular weight is 302 g/mol. The zero-order valence-corrected chi connectivity index (χ0v) is 13.0. The lowest BCUT2D eigenvalue weighted by Crippen LogP contribution is -2.62. The lowest BCUT2D eigenvalue weighted by atomic mass is 9.81. The van der Waals surface area contributed by atoms with Crippen molar-refractivity contribution < 1.29 is 29.7 Å². The number of carbonyl (C=O) groups is 3. The van der Waals surface area contributed by atoms with Crippen LogP contribution in [0.3, 0.4) is 0 Å². The number of hydrogen-bond acceptors (Lipinski definition) is 6. The monoisotopic (exact) mass is 302 g/mol. The van der Waals surface area contributed by atoms with Gasteiger partial charge in [-0.15, -0.1) is 0 Å². The molecule has 0 aliphatic rings. The highest BCUT2D eigenvalue weighted by Gasteiger charge is 2.51. The van der Waals surface area contributed by atoms with Crippen molar-refractivity contribution in [2.75, 3.05) is 0 Å². The molecule has 0 bridgehead atoms. The smallest absolute Gasteiger partial charge is 0.188 e. The third kappa shape index (κ3) is 5.30. The molecule has 122 valence electrons. The lowest BCUT2D eigenvalue weighted by Gasteiger charge is -2.32. The van der Waals surface area contributed by atoms with Crippen LogP contribution in [0.25, 0.3) is 0 Å². The van der Waals surface area contributed by atoms with Gasteiger partial charge in [0, 0.05) is 6.42 Å². The van der Waals surface area contributed by atoms with E-state index in [0.29, 0.717) is 6.42 Å². The standard InChI is InChI=1S/C15H26O6/c1-4-5-6-7-8-9-12(18)14(20)15(21,11(3)17)13(19)10(2)16/h13-14,19-21H,4-9H2,1-3H3. The van der Waals surface area contributed by atoms with Crippen molar-refractivity contribution in [2.24, 2.45) is 0 Å². The molecule has 0 radical (unpaired) electrons. The van der Waals surface area contributed by atoms with Gasteiger partial charge in [-0.05, 0) is 20.3 Å². The number of Topliss-reactive ketones (excluding diaryl/α,β-unsaturated/α-hetero) is 3. The first-order valence-electron chi connectivity index (χ1n) is 7.32. The third-order valence-corrected chi connectivity index (χ3v) is 3.61. The Labute approximate surface area is 125 Å². The summed E-state index contributed by atoms with van der Waals surface area (Å²) < 4.78 is 0. The topological polar surface area (TPSA) is 112 Å². The van der Waals surface area contributed by atoms with Gasteiger partial charge in [0.1, 0.15) is 0 Å². The first kappa shape index (κ1) is 19.9. The molecule has 0 aliphatic heterocycles. The molecule has 6 nitrogen and oxygen atoms in total. The summed E-state index contributed by atoms with van der Waals surface area (Å²) in [6.45, 7) is 3.95. The molecule has 0 saturated heterocycles. The van der Waals surface area contributed by atoms with Gasteiger partial charge in [0.15, 0.2) is 35.2 Å². The van der Waals surface area contributed by atoms with E-state index in [1.54, 1.807) is 0 Å². The molecule has 3 N–H and O–H groups in total. The molecule has 0 fully saturated rings. The Morgan fingerprint density at radius 2 is 1.48 bits per heavy atom. The summed E-state index contributed by atoms with van der Waals surface area (Å²) in [6, 6.07) is 0. The molecule has 3 atom stereocenters. The maximum atomic E-state index is 11.9. The predicted molar refractivity (Wildman–Crippen MR) is 76.7 cm³/mol. The van der Waals surface area contributed by atoms with E-state index in [0.717, 1.165) is 39.5 Å². The SMILES string of the molecule is CCCCCCCC(=O)C(O)C(O)(C(C)=O)C(O)C(C)=O. The van der Waals surface area contributed by atoms with Crippen molar-refractivity contribution in [1.29, 1.82) is 0 Å². The van der Waals surface area contributed by atoms with Crippen LogP contribution >= 0.6 is 0 Å². The molecule has 0 aromatic rings. The van der Waals surface area contributed by atoms with Crippen LogP contribution in [0, 0.1) is 0 Å². The predicted octanol–water partition coefficient (Wildman–Crippen LogP) is 0.547. The van der Waals surface area contributed by atoms with E-state index in [9.17, 15) is 29.7 Å². The van der Waals surface area contributed by atoms with Crippen LogP contribution in [0.15, 0.2) is 0 Å². The van der Waals surface area contributed by atoms with E-state index in [4.69, 9.17) is 0 Å². The van der Waals surface area contributed by atoms with Gasteiger partial charge in [0.05, 0.1) is 0 Å². The van der Waals surface area contributed by atoms with Gasteiger partial charge in [-0.2, -0.15) is 0 Å². The number of aliphatic hydroxyl groups excluding tert-OH is 2. The molecule has 0 spiro atoms. The van der Waals surface area contributed by atoms with Crippen LogP contribution in [-0.2, 0) is 14.4 Å². The zero-order chi connectivity index (χ0) is 16.6. The Morgan fingerprint density at radius 3 is 1.90 bits per heavy atom. The van der Waals surface area contributed by atoms with E-state index >= 15 is 0 Å². The van der Waals surface area contributed by atoms with Crippen molar-refractivity contribution in [3.8, 4) is 0 Å². The van der Waals surface area contributed by atoms with Gasteiger partial charge in [-0.1, -0.05) is 32.6 Å². The fourth-order valence-corrected chi connectivity index (χ4v) is 2.13. The van der Waals surface area contributed by atoms with E-state index in [2.05, 4.69) is 6.92 Å². The summed E-state index contributed by atoms with van der Waals surface area (Å²) in [6.07, 6.45) is 0.190. The third-order valence-electron chi connectivity index (χ3n) is 3.61.